The van der Waals surface area contributed by atoms with Gasteiger partial charge >= 0.3 is 0 Å². The van der Waals surface area contributed by atoms with Gasteiger partial charge in [-0.2, -0.15) is 5.10 Å². The van der Waals surface area contributed by atoms with Gasteiger partial charge in [0.1, 0.15) is 12.1 Å². The van der Waals surface area contributed by atoms with Crippen LogP contribution in [0.1, 0.15) is 24.4 Å². The molecule has 1 unspecified atom stereocenters. The van der Waals surface area contributed by atoms with Crippen LogP contribution in [0.3, 0.4) is 0 Å². The second-order valence-electron chi connectivity index (χ2n) is 3.82. The van der Waals surface area contributed by atoms with Gasteiger partial charge in [-0.1, -0.05) is 17.7 Å². The molecule has 0 bridgehead atoms. The van der Waals surface area contributed by atoms with E-state index in [1.165, 1.54) is 12.4 Å². The smallest absolute Gasteiger partial charge is 0.166 e. The summed E-state index contributed by atoms with van der Waals surface area (Å²) >= 11 is 5.67. The number of aromatic nitrogens is 3. The molecular formula is C11H12ClFN4. The van der Waals surface area contributed by atoms with Crippen LogP contribution in [0.2, 0.25) is 5.02 Å². The lowest BCUT2D eigenvalue weighted by molar-refractivity contribution is 0.580. The zero-order valence-electron chi connectivity index (χ0n) is 9.27. The van der Waals surface area contributed by atoms with Gasteiger partial charge in [0.25, 0.3) is 0 Å². The van der Waals surface area contributed by atoms with E-state index in [0.717, 1.165) is 0 Å². The summed E-state index contributed by atoms with van der Waals surface area (Å²) in [7, 11) is 0. The van der Waals surface area contributed by atoms with Crippen LogP contribution in [0.5, 0.6) is 0 Å². The standard InChI is InChI=1S/C11H12ClFN4/c1-7(14)11-15-6-17(16-11)5-8-2-3-9(12)4-10(8)13/h2-4,6-7H,5,14H2,1H3. The maximum atomic E-state index is 13.5. The van der Waals surface area contributed by atoms with Crippen LogP contribution in [-0.4, -0.2) is 14.8 Å². The predicted octanol–water partition coefficient (Wildman–Crippen LogP) is 2.14. The largest absolute Gasteiger partial charge is 0.321 e. The lowest BCUT2D eigenvalue weighted by atomic mass is 10.2. The van der Waals surface area contributed by atoms with Crippen molar-refractivity contribution < 1.29 is 4.39 Å². The Labute approximate surface area is 103 Å². The summed E-state index contributed by atoms with van der Waals surface area (Å²) in [5.41, 5.74) is 6.15. The van der Waals surface area contributed by atoms with Gasteiger partial charge in [-0.05, 0) is 19.1 Å². The Morgan fingerprint density at radius 3 is 2.88 bits per heavy atom. The predicted molar refractivity (Wildman–Crippen MR) is 63.1 cm³/mol. The maximum Gasteiger partial charge on any atom is 0.166 e. The summed E-state index contributed by atoms with van der Waals surface area (Å²) in [5.74, 6) is 0.190. The zero-order valence-corrected chi connectivity index (χ0v) is 10.0. The molecule has 4 nitrogen and oxygen atoms in total. The SMILES string of the molecule is CC(N)c1ncn(Cc2ccc(Cl)cc2F)n1. The Hall–Kier alpha value is -1.46. The second kappa shape index (κ2) is 4.81. The minimum absolute atomic E-state index is 0.230. The van der Waals surface area contributed by atoms with Gasteiger partial charge in [0, 0.05) is 10.6 Å². The number of benzene rings is 1. The number of nitrogens with zero attached hydrogens (tertiary/aromatic N) is 3. The summed E-state index contributed by atoms with van der Waals surface area (Å²) in [6, 6.07) is 4.32. The molecule has 0 fully saturated rings. The van der Waals surface area contributed by atoms with E-state index in [1.807, 2.05) is 0 Å². The molecule has 0 aliphatic rings. The van der Waals surface area contributed by atoms with Crippen molar-refractivity contribution in [1.29, 1.82) is 0 Å². The summed E-state index contributed by atoms with van der Waals surface area (Å²) in [6.07, 6.45) is 1.53. The van der Waals surface area contributed by atoms with Crippen molar-refractivity contribution in [3.05, 3.63) is 46.8 Å². The highest BCUT2D eigenvalue weighted by Gasteiger charge is 2.08. The number of hydrogen-bond donors (Lipinski definition) is 1. The highest BCUT2D eigenvalue weighted by molar-refractivity contribution is 6.30. The van der Waals surface area contributed by atoms with Crippen LogP contribution in [0, 0.1) is 5.82 Å². The fourth-order valence-electron chi connectivity index (χ4n) is 1.42. The first-order chi connectivity index (χ1) is 8.06. The van der Waals surface area contributed by atoms with Crippen molar-refractivity contribution >= 4 is 11.6 Å². The first-order valence-corrected chi connectivity index (χ1v) is 5.53. The van der Waals surface area contributed by atoms with Crippen LogP contribution < -0.4 is 5.73 Å². The first kappa shape index (κ1) is 12.0. The van der Waals surface area contributed by atoms with Gasteiger partial charge in [0.15, 0.2) is 5.82 Å². The molecular weight excluding hydrogens is 243 g/mol. The topological polar surface area (TPSA) is 56.7 Å². The average molecular weight is 255 g/mol. The third-order valence-electron chi connectivity index (χ3n) is 2.31. The van der Waals surface area contributed by atoms with Crippen LogP contribution in [0.4, 0.5) is 4.39 Å². The molecule has 2 rings (SSSR count). The Balaban J connectivity index is 2.19. The number of halogens is 2. The van der Waals surface area contributed by atoms with Crippen molar-refractivity contribution in [1.82, 2.24) is 14.8 Å². The van der Waals surface area contributed by atoms with Crippen LogP contribution in [0.15, 0.2) is 24.5 Å². The van der Waals surface area contributed by atoms with E-state index in [0.29, 0.717) is 23.0 Å². The van der Waals surface area contributed by atoms with E-state index < -0.39 is 0 Å². The van der Waals surface area contributed by atoms with Crippen LogP contribution >= 0.6 is 11.6 Å². The van der Waals surface area contributed by atoms with Crippen molar-refractivity contribution in [2.45, 2.75) is 19.5 Å². The number of hydrogen-bond acceptors (Lipinski definition) is 3. The molecule has 1 heterocycles. The van der Waals surface area contributed by atoms with Crippen molar-refractivity contribution in [3.8, 4) is 0 Å². The molecule has 90 valence electrons. The lowest BCUT2D eigenvalue weighted by Crippen LogP contribution is -2.09. The average Bonchev–Trinajstić information content (AvgIpc) is 2.71. The highest BCUT2D eigenvalue weighted by Crippen LogP contribution is 2.15. The summed E-state index contributed by atoms with van der Waals surface area (Å²) in [6.45, 7) is 2.10. The van der Waals surface area contributed by atoms with E-state index >= 15 is 0 Å². The van der Waals surface area contributed by atoms with E-state index in [4.69, 9.17) is 17.3 Å². The number of rotatable bonds is 3. The molecule has 0 radical (unpaired) electrons. The minimum Gasteiger partial charge on any atom is -0.321 e. The van der Waals surface area contributed by atoms with Gasteiger partial charge < -0.3 is 5.73 Å². The first-order valence-electron chi connectivity index (χ1n) is 5.15. The molecule has 1 aromatic carbocycles. The molecule has 0 amide bonds. The Kier molecular flexibility index (Phi) is 3.40. The normalized spacial score (nSPS) is 12.7. The van der Waals surface area contributed by atoms with E-state index in [1.54, 1.807) is 23.7 Å². The molecule has 1 atom stereocenters. The van der Waals surface area contributed by atoms with Crippen molar-refractivity contribution in [3.63, 3.8) is 0 Å². The zero-order chi connectivity index (χ0) is 12.4. The molecule has 0 saturated heterocycles. The Morgan fingerprint density at radius 1 is 1.53 bits per heavy atom. The van der Waals surface area contributed by atoms with Gasteiger partial charge in [-0.3, -0.25) is 0 Å². The van der Waals surface area contributed by atoms with E-state index in [9.17, 15) is 4.39 Å². The molecule has 0 aliphatic heterocycles. The third-order valence-corrected chi connectivity index (χ3v) is 2.54. The van der Waals surface area contributed by atoms with Crippen molar-refractivity contribution in [2.75, 3.05) is 0 Å². The summed E-state index contributed by atoms with van der Waals surface area (Å²) < 4.78 is 15.1. The molecule has 0 spiro atoms. The monoisotopic (exact) mass is 254 g/mol. The molecule has 17 heavy (non-hydrogen) atoms. The minimum atomic E-state index is -0.352. The van der Waals surface area contributed by atoms with Crippen LogP contribution in [0.25, 0.3) is 0 Å². The Bertz CT molecular complexity index is 524. The number of nitrogens with two attached hydrogens (primary N) is 1. The van der Waals surface area contributed by atoms with Crippen LogP contribution in [-0.2, 0) is 6.54 Å². The molecule has 0 saturated carbocycles. The molecule has 2 N–H and O–H groups in total. The molecule has 0 aliphatic carbocycles. The van der Waals surface area contributed by atoms with Gasteiger partial charge in [0.2, 0.25) is 0 Å². The van der Waals surface area contributed by atoms with E-state index in [-0.39, 0.29) is 11.9 Å². The van der Waals surface area contributed by atoms with E-state index in [2.05, 4.69) is 10.1 Å². The lowest BCUT2D eigenvalue weighted by Gasteiger charge is -2.03. The van der Waals surface area contributed by atoms with Crippen molar-refractivity contribution in [2.24, 2.45) is 5.73 Å². The summed E-state index contributed by atoms with van der Waals surface area (Å²) in [5, 5.41) is 4.53. The third kappa shape index (κ3) is 2.81. The maximum absolute atomic E-state index is 13.5. The molecule has 6 heteroatoms. The van der Waals surface area contributed by atoms with Gasteiger partial charge in [-0.15, -0.1) is 0 Å². The fourth-order valence-corrected chi connectivity index (χ4v) is 1.58. The molecule has 1 aromatic heterocycles. The quantitative estimate of drug-likeness (QED) is 0.913. The summed E-state index contributed by atoms with van der Waals surface area (Å²) in [4.78, 5) is 4.04. The molecule has 2 aromatic rings. The fraction of sp³-hybridized carbons (Fsp3) is 0.273. The van der Waals surface area contributed by atoms with Gasteiger partial charge in [0.05, 0.1) is 12.6 Å². The second-order valence-corrected chi connectivity index (χ2v) is 4.26. The van der Waals surface area contributed by atoms with Gasteiger partial charge in [-0.25, -0.2) is 14.1 Å². The Morgan fingerprint density at radius 2 is 2.29 bits per heavy atom. The highest BCUT2D eigenvalue weighted by atomic mass is 35.5.